The highest BCUT2D eigenvalue weighted by Gasteiger charge is 2.40. The Balaban J connectivity index is 2.18. The average molecular weight is 138 g/mol. The van der Waals surface area contributed by atoms with Crippen molar-refractivity contribution in [1.29, 1.82) is 0 Å². The number of aliphatic hydroxyl groups is 1. The lowest BCUT2D eigenvalue weighted by molar-refractivity contribution is 0.172. The molecule has 0 aromatic rings. The minimum Gasteiger partial charge on any atom is -0.396 e. The van der Waals surface area contributed by atoms with Crippen molar-refractivity contribution >= 4 is 0 Å². The third-order valence-corrected chi connectivity index (χ3v) is 3.26. The van der Waals surface area contributed by atoms with Gasteiger partial charge in [-0.05, 0) is 30.1 Å². The van der Waals surface area contributed by atoms with E-state index in [1.807, 2.05) is 0 Å². The molecule has 56 valence electrons. The summed E-state index contributed by atoms with van der Waals surface area (Å²) in [4.78, 5) is 0. The second kappa shape index (κ2) is 2.09. The van der Waals surface area contributed by atoms with E-state index in [1.165, 1.54) is 6.42 Å². The molecule has 1 heteroatoms. The molecule has 0 amide bonds. The highest BCUT2D eigenvalue weighted by atomic mass is 16.3. The van der Waals surface area contributed by atoms with Gasteiger partial charge in [0.15, 0.2) is 0 Å². The van der Waals surface area contributed by atoms with Crippen LogP contribution in [0.2, 0.25) is 0 Å². The van der Waals surface area contributed by atoms with Gasteiger partial charge in [0.1, 0.15) is 0 Å². The average Bonchev–Trinajstić information content (AvgIpc) is 2.46. The maximum atomic E-state index is 9.02. The van der Waals surface area contributed by atoms with Crippen molar-refractivity contribution in [3.63, 3.8) is 0 Å². The minimum atomic E-state index is 0.382. The van der Waals surface area contributed by atoms with E-state index in [2.05, 4.69) is 19.1 Å². The fourth-order valence-corrected chi connectivity index (χ4v) is 2.47. The molecule has 0 aliphatic heterocycles. The van der Waals surface area contributed by atoms with E-state index >= 15 is 0 Å². The van der Waals surface area contributed by atoms with Crippen LogP contribution in [-0.2, 0) is 0 Å². The summed E-state index contributed by atoms with van der Waals surface area (Å²) in [6.45, 7) is 2.64. The number of hydrogen-bond acceptors (Lipinski definition) is 1. The molecule has 1 saturated carbocycles. The van der Waals surface area contributed by atoms with Crippen molar-refractivity contribution in [2.75, 3.05) is 6.61 Å². The van der Waals surface area contributed by atoms with E-state index in [9.17, 15) is 0 Å². The summed E-state index contributed by atoms with van der Waals surface area (Å²) < 4.78 is 0. The van der Waals surface area contributed by atoms with Crippen molar-refractivity contribution in [3.8, 4) is 0 Å². The second-order valence-corrected chi connectivity index (χ2v) is 3.65. The lowest BCUT2D eigenvalue weighted by atomic mass is 9.85. The number of fused-ring (bicyclic) bond motifs is 2. The Morgan fingerprint density at radius 1 is 1.40 bits per heavy atom. The van der Waals surface area contributed by atoms with E-state index in [0.717, 1.165) is 11.8 Å². The van der Waals surface area contributed by atoms with Crippen molar-refractivity contribution < 1.29 is 5.11 Å². The minimum absolute atomic E-state index is 0.382. The molecule has 0 radical (unpaired) electrons. The molecule has 4 atom stereocenters. The van der Waals surface area contributed by atoms with Gasteiger partial charge in [0.05, 0.1) is 0 Å². The standard InChI is InChI=1S/C9H14O/c1-6-7-2-3-8(4-7)9(6)5-10/h2-3,6-10H,4-5H2,1H3/t6-,7+,8-,9+/m0/s1. The maximum Gasteiger partial charge on any atom is 0.0467 e. The second-order valence-electron chi connectivity index (χ2n) is 3.65. The zero-order valence-corrected chi connectivity index (χ0v) is 6.33. The molecule has 2 aliphatic carbocycles. The van der Waals surface area contributed by atoms with Crippen molar-refractivity contribution in [2.24, 2.45) is 23.7 Å². The van der Waals surface area contributed by atoms with E-state index in [-0.39, 0.29) is 0 Å². The van der Waals surface area contributed by atoms with Gasteiger partial charge in [0.2, 0.25) is 0 Å². The molecule has 0 aromatic carbocycles. The van der Waals surface area contributed by atoms with Gasteiger partial charge in [-0.2, -0.15) is 0 Å². The molecule has 2 rings (SSSR count). The largest absolute Gasteiger partial charge is 0.396 e. The highest BCUT2D eigenvalue weighted by molar-refractivity contribution is 5.12. The highest BCUT2D eigenvalue weighted by Crippen LogP contribution is 2.47. The van der Waals surface area contributed by atoms with Crippen LogP contribution in [0, 0.1) is 23.7 Å². The molecule has 10 heavy (non-hydrogen) atoms. The van der Waals surface area contributed by atoms with Crippen molar-refractivity contribution in [3.05, 3.63) is 12.2 Å². The Morgan fingerprint density at radius 2 is 2.10 bits per heavy atom. The quantitative estimate of drug-likeness (QED) is 0.543. The topological polar surface area (TPSA) is 20.2 Å². The Kier molecular flexibility index (Phi) is 1.34. The van der Waals surface area contributed by atoms with Gasteiger partial charge in [0.25, 0.3) is 0 Å². The van der Waals surface area contributed by atoms with E-state index in [4.69, 9.17) is 5.11 Å². The first-order chi connectivity index (χ1) is 4.83. The van der Waals surface area contributed by atoms with Gasteiger partial charge in [-0.25, -0.2) is 0 Å². The van der Waals surface area contributed by atoms with E-state index in [0.29, 0.717) is 18.4 Å². The van der Waals surface area contributed by atoms with Crippen LogP contribution in [0.1, 0.15) is 13.3 Å². The molecule has 2 aliphatic rings. The SMILES string of the molecule is C[C@@H]1[C@@H](CO)[C@H]2C=C[C@@H]1C2. The lowest BCUT2D eigenvalue weighted by Gasteiger charge is -2.21. The van der Waals surface area contributed by atoms with Gasteiger partial charge in [-0.15, -0.1) is 0 Å². The molecule has 0 heterocycles. The zero-order chi connectivity index (χ0) is 7.14. The molecule has 1 nitrogen and oxygen atoms in total. The van der Waals surface area contributed by atoms with E-state index < -0.39 is 0 Å². The molecule has 1 N–H and O–H groups in total. The number of allylic oxidation sites excluding steroid dienone is 2. The predicted octanol–water partition coefficient (Wildman–Crippen LogP) is 1.44. The molecule has 0 saturated heterocycles. The molecule has 2 bridgehead atoms. The Morgan fingerprint density at radius 3 is 2.50 bits per heavy atom. The summed E-state index contributed by atoms with van der Waals surface area (Å²) in [6, 6.07) is 0. The maximum absolute atomic E-state index is 9.02. The first kappa shape index (κ1) is 6.41. The third kappa shape index (κ3) is 0.671. The third-order valence-electron chi connectivity index (χ3n) is 3.26. The van der Waals surface area contributed by atoms with Crippen LogP contribution in [0.15, 0.2) is 12.2 Å². The molecular weight excluding hydrogens is 124 g/mol. The predicted molar refractivity (Wildman–Crippen MR) is 40.5 cm³/mol. The summed E-state index contributed by atoms with van der Waals surface area (Å²) in [5.41, 5.74) is 0. The Labute approximate surface area is 61.8 Å². The normalized spacial score (nSPS) is 50.6. The van der Waals surface area contributed by atoms with Gasteiger partial charge < -0.3 is 5.11 Å². The van der Waals surface area contributed by atoms with Crippen LogP contribution >= 0.6 is 0 Å². The van der Waals surface area contributed by atoms with Gasteiger partial charge in [-0.1, -0.05) is 19.1 Å². The Bertz CT molecular complexity index is 162. The number of rotatable bonds is 1. The van der Waals surface area contributed by atoms with Crippen LogP contribution in [0.3, 0.4) is 0 Å². The van der Waals surface area contributed by atoms with Gasteiger partial charge >= 0.3 is 0 Å². The summed E-state index contributed by atoms with van der Waals surface area (Å²) in [5, 5.41) is 9.02. The van der Waals surface area contributed by atoms with Crippen LogP contribution in [0.4, 0.5) is 0 Å². The smallest absolute Gasteiger partial charge is 0.0467 e. The zero-order valence-electron chi connectivity index (χ0n) is 6.33. The fraction of sp³-hybridized carbons (Fsp3) is 0.778. The first-order valence-corrected chi connectivity index (χ1v) is 4.12. The number of aliphatic hydroxyl groups excluding tert-OH is 1. The van der Waals surface area contributed by atoms with Gasteiger partial charge in [-0.3, -0.25) is 0 Å². The van der Waals surface area contributed by atoms with Crippen LogP contribution < -0.4 is 0 Å². The molecular formula is C9H14O. The summed E-state index contributed by atoms with van der Waals surface area (Å²) >= 11 is 0. The fourth-order valence-electron chi connectivity index (χ4n) is 2.47. The monoisotopic (exact) mass is 138 g/mol. The lowest BCUT2D eigenvalue weighted by Crippen LogP contribution is -2.19. The van der Waals surface area contributed by atoms with Crippen LogP contribution in [0.25, 0.3) is 0 Å². The van der Waals surface area contributed by atoms with Crippen molar-refractivity contribution in [2.45, 2.75) is 13.3 Å². The van der Waals surface area contributed by atoms with E-state index in [1.54, 1.807) is 0 Å². The Hall–Kier alpha value is -0.300. The molecule has 0 unspecified atom stereocenters. The summed E-state index contributed by atoms with van der Waals surface area (Å²) in [7, 11) is 0. The van der Waals surface area contributed by atoms with Crippen molar-refractivity contribution in [1.82, 2.24) is 0 Å². The van der Waals surface area contributed by atoms with Gasteiger partial charge in [0, 0.05) is 6.61 Å². The first-order valence-electron chi connectivity index (χ1n) is 4.12. The molecule has 0 aromatic heterocycles. The summed E-state index contributed by atoms with van der Waals surface area (Å²) in [5.74, 6) is 2.77. The summed E-state index contributed by atoms with van der Waals surface area (Å²) in [6.07, 6.45) is 5.90. The number of hydrogen-bond donors (Lipinski definition) is 1. The molecule has 1 fully saturated rings. The van der Waals surface area contributed by atoms with Crippen LogP contribution in [-0.4, -0.2) is 11.7 Å². The molecule has 0 spiro atoms. The van der Waals surface area contributed by atoms with Crippen LogP contribution in [0.5, 0.6) is 0 Å².